The molecule has 4 bridgehead atoms. The van der Waals surface area contributed by atoms with Crippen LogP contribution in [0, 0.1) is 53.4 Å². The van der Waals surface area contributed by atoms with Gasteiger partial charge in [-0.25, -0.2) is 0 Å². The maximum absolute atomic E-state index is 2.44. The second kappa shape index (κ2) is 17.3. The molecule has 0 heterocycles. The second-order valence-electron chi connectivity index (χ2n) is 20.6. The fourth-order valence-corrected chi connectivity index (χ4v) is 12.9. The molecule has 0 heteroatoms. The quantitative estimate of drug-likeness (QED) is 0.162. The first-order chi connectivity index (χ1) is 31.5. The van der Waals surface area contributed by atoms with Gasteiger partial charge < -0.3 is 0 Å². The van der Waals surface area contributed by atoms with E-state index in [0.29, 0.717) is 10.8 Å². The highest BCUT2D eigenvalue weighted by Crippen LogP contribution is 2.66. The lowest BCUT2D eigenvalue weighted by molar-refractivity contribution is -0.0281. The van der Waals surface area contributed by atoms with Crippen molar-refractivity contribution in [2.24, 2.45) is 11.8 Å². The van der Waals surface area contributed by atoms with E-state index in [1.807, 2.05) is 0 Å². The van der Waals surface area contributed by atoms with Gasteiger partial charge in [-0.2, -0.15) is 0 Å². The molecule has 8 aromatic rings. The minimum absolute atomic E-state index is 0.269. The number of fused-ring (bicyclic) bond motifs is 3. The number of rotatable bonds is 5. The lowest BCUT2D eigenvalue weighted by Gasteiger charge is -2.63. The Labute approximate surface area is 389 Å². The molecule has 8 aromatic carbocycles. The van der Waals surface area contributed by atoms with Crippen LogP contribution in [0.4, 0.5) is 0 Å². The molecule has 5 aliphatic rings. The van der Waals surface area contributed by atoms with Gasteiger partial charge >= 0.3 is 0 Å². The fourth-order valence-electron chi connectivity index (χ4n) is 12.9. The third kappa shape index (κ3) is 8.01. The maximum Gasteiger partial charge on any atom is 0.0713 e. The lowest BCUT2D eigenvalue weighted by Crippen LogP contribution is -2.55. The van der Waals surface area contributed by atoms with E-state index in [4.69, 9.17) is 0 Å². The van der Waals surface area contributed by atoms with Gasteiger partial charge in [-0.15, -0.1) is 0 Å². The Bertz CT molecular complexity index is 2680. The molecule has 0 spiro atoms. The minimum Gasteiger partial charge on any atom is -0.0619 e. The van der Waals surface area contributed by atoms with Crippen molar-refractivity contribution in [1.82, 2.24) is 0 Å². The topological polar surface area (TPSA) is 0 Å². The molecule has 4 fully saturated rings. The molecule has 0 amide bonds. The Morgan fingerprint density at radius 1 is 0.308 bits per heavy atom. The van der Waals surface area contributed by atoms with Crippen LogP contribution < -0.4 is 0 Å². The Hall–Kier alpha value is -6.24. The van der Waals surface area contributed by atoms with Gasteiger partial charge in [-0.1, -0.05) is 228 Å². The van der Waals surface area contributed by atoms with Crippen molar-refractivity contribution in [2.45, 2.75) is 96.3 Å². The number of aryl methyl sites for hydroxylation is 6. The van der Waals surface area contributed by atoms with Crippen LogP contribution in [0.1, 0.15) is 105 Å². The first-order valence-corrected chi connectivity index (χ1v) is 24.2. The van der Waals surface area contributed by atoms with E-state index < -0.39 is 0 Å². The van der Waals surface area contributed by atoms with E-state index in [1.165, 1.54) is 116 Å². The first-order valence-electron chi connectivity index (χ1n) is 24.2. The Morgan fingerprint density at radius 3 is 0.908 bits per heavy atom. The van der Waals surface area contributed by atoms with Gasteiger partial charge in [0.25, 0.3) is 0 Å². The highest BCUT2D eigenvalue weighted by Gasteiger charge is 2.58. The molecule has 0 N–H and O–H groups in total. The molecule has 0 unspecified atom stereocenters. The Kier molecular flexibility index (Phi) is 11.4. The predicted octanol–water partition coefficient (Wildman–Crippen LogP) is 16.7. The minimum atomic E-state index is -0.269. The number of hydrogen-bond donors (Lipinski definition) is 0. The van der Waals surface area contributed by atoms with Crippen LogP contribution >= 0.6 is 0 Å². The summed E-state index contributed by atoms with van der Waals surface area (Å²) in [6.45, 7) is 12.9. The molecule has 5 aliphatic carbocycles. The highest BCUT2D eigenvalue weighted by molar-refractivity contribution is 5.86. The molecule has 4 saturated carbocycles. The molecule has 0 radical (unpaired) electrons. The van der Waals surface area contributed by atoms with Gasteiger partial charge in [0.1, 0.15) is 0 Å². The summed E-state index contributed by atoms with van der Waals surface area (Å²) in [6.07, 6.45) is 8.58. The average molecular weight is 845 g/mol. The van der Waals surface area contributed by atoms with Crippen LogP contribution in [0.3, 0.4) is 0 Å². The van der Waals surface area contributed by atoms with Crippen LogP contribution in [0.15, 0.2) is 194 Å². The summed E-state index contributed by atoms with van der Waals surface area (Å²) < 4.78 is 0. The van der Waals surface area contributed by atoms with E-state index in [0.717, 1.165) is 11.8 Å². The van der Waals surface area contributed by atoms with Crippen molar-refractivity contribution < 1.29 is 0 Å². The largest absolute Gasteiger partial charge is 0.0713 e. The standard InChI is InChI=1S/C27H22.C24H28.C14H14/c1-19-11-15-21(16-12-19)27(22-17-13-20(2)14-18-22)25-9-5-3-7-23(25)24-8-4-6-10-26(24)27;1-17-3-7-21(8-4-17)23-12-19-11-20(13-23)15-24(14-19,16-23)22-9-5-18(2)6-10-22;1-11-3-7-13(8-4-11)14-9-5-12(2)6-10-14/h3-18H,1-2H3;3-10,19-20H,11-16H2,1-2H3;3-10H,1-2H3. The van der Waals surface area contributed by atoms with E-state index >= 15 is 0 Å². The van der Waals surface area contributed by atoms with Crippen molar-refractivity contribution >= 4 is 0 Å². The summed E-state index contributed by atoms with van der Waals surface area (Å²) in [7, 11) is 0. The summed E-state index contributed by atoms with van der Waals surface area (Å²) in [5.74, 6) is 1.88. The van der Waals surface area contributed by atoms with Crippen LogP contribution in [-0.2, 0) is 16.2 Å². The average Bonchev–Trinajstić information content (AvgIpc) is 3.61. The summed E-state index contributed by atoms with van der Waals surface area (Å²) >= 11 is 0. The second-order valence-corrected chi connectivity index (χ2v) is 20.6. The molecular weight excluding hydrogens is 781 g/mol. The molecule has 0 aliphatic heterocycles. The van der Waals surface area contributed by atoms with Crippen molar-refractivity contribution in [3.63, 3.8) is 0 Å². The molecule has 13 rings (SSSR count). The molecule has 65 heavy (non-hydrogen) atoms. The third-order valence-electron chi connectivity index (χ3n) is 15.7. The van der Waals surface area contributed by atoms with Gasteiger partial charge in [-0.3, -0.25) is 0 Å². The lowest BCUT2D eigenvalue weighted by atomic mass is 9.41. The van der Waals surface area contributed by atoms with Gasteiger partial charge in [0.05, 0.1) is 5.41 Å². The zero-order valence-electron chi connectivity index (χ0n) is 39.4. The number of hydrogen-bond acceptors (Lipinski definition) is 0. The molecule has 0 nitrogen and oxygen atoms in total. The number of benzene rings is 8. The SMILES string of the molecule is Cc1ccc(-c2ccc(C)cc2)cc1.Cc1ccc(C2(c3ccc(C)cc3)c3ccccc3-c3ccccc32)cc1.Cc1ccc(C23CC4CC(C2)CC(c2ccc(C)cc2)(C4)C3)cc1. The monoisotopic (exact) mass is 845 g/mol. The molecule has 0 aromatic heterocycles. The van der Waals surface area contributed by atoms with E-state index in [-0.39, 0.29) is 5.41 Å². The van der Waals surface area contributed by atoms with Crippen molar-refractivity contribution in [2.75, 3.05) is 0 Å². The van der Waals surface area contributed by atoms with Crippen LogP contribution in [0.5, 0.6) is 0 Å². The van der Waals surface area contributed by atoms with Gasteiger partial charge in [-0.05, 0) is 158 Å². The van der Waals surface area contributed by atoms with E-state index in [9.17, 15) is 0 Å². The first kappa shape index (κ1) is 42.7. The fraction of sp³-hybridized carbons (Fsp3) is 0.262. The van der Waals surface area contributed by atoms with Gasteiger partial charge in [0.2, 0.25) is 0 Å². The van der Waals surface area contributed by atoms with Gasteiger partial charge in [0, 0.05) is 0 Å². The summed E-state index contributed by atoms with van der Waals surface area (Å²) in [4.78, 5) is 0. The Balaban J connectivity index is 0.000000121. The Morgan fingerprint density at radius 2 is 0.585 bits per heavy atom. The van der Waals surface area contributed by atoms with Crippen molar-refractivity contribution in [3.05, 3.63) is 261 Å². The van der Waals surface area contributed by atoms with Crippen molar-refractivity contribution in [1.29, 1.82) is 0 Å². The predicted molar refractivity (Wildman–Crippen MR) is 275 cm³/mol. The normalized spacial score (nSPS) is 21.6. The molecule has 324 valence electrons. The zero-order chi connectivity index (χ0) is 44.8. The van der Waals surface area contributed by atoms with Crippen LogP contribution in [0.25, 0.3) is 22.3 Å². The molecular formula is C65H64. The van der Waals surface area contributed by atoms with E-state index in [1.54, 1.807) is 11.1 Å². The third-order valence-corrected chi connectivity index (χ3v) is 15.7. The smallest absolute Gasteiger partial charge is 0.0619 e. The van der Waals surface area contributed by atoms with Crippen LogP contribution in [-0.4, -0.2) is 0 Å². The summed E-state index contributed by atoms with van der Waals surface area (Å²) in [5, 5.41) is 0. The molecule has 0 saturated heterocycles. The molecule has 0 atom stereocenters. The highest BCUT2D eigenvalue weighted by atomic mass is 14.6. The van der Waals surface area contributed by atoms with Crippen LogP contribution in [0.2, 0.25) is 0 Å². The summed E-state index contributed by atoms with van der Waals surface area (Å²) in [6, 6.07) is 72.2. The zero-order valence-corrected chi connectivity index (χ0v) is 39.4. The maximum atomic E-state index is 2.44. The summed E-state index contributed by atoms with van der Waals surface area (Å²) in [5.41, 5.74) is 22.5. The van der Waals surface area contributed by atoms with Gasteiger partial charge in [0.15, 0.2) is 0 Å². The van der Waals surface area contributed by atoms with E-state index in [2.05, 4.69) is 236 Å². The van der Waals surface area contributed by atoms with Crippen molar-refractivity contribution in [3.8, 4) is 22.3 Å².